The Morgan fingerprint density at radius 1 is 1.40 bits per heavy atom. The van der Waals surface area contributed by atoms with Gasteiger partial charge in [0.1, 0.15) is 0 Å². The maximum absolute atomic E-state index is 12.2. The predicted octanol–water partition coefficient (Wildman–Crippen LogP) is 2.31. The molecule has 1 amide bonds. The molecule has 1 atom stereocenters. The molecule has 1 aromatic carbocycles. The Labute approximate surface area is 149 Å². The number of hydrogen-bond donors (Lipinski definition) is 2. The van der Waals surface area contributed by atoms with Crippen LogP contribution in [0.3, 0.4) is 0 Å². The van der Waals surface area contributed by atoms with E-state index in [1.807, 2.05) is 47.2 Å². The van der Waals surface area contributed by atoms with E-state index in [2.05, 4.69) is 10.3 Å². The van der Waals surface area contributed by atoms with Gasteiger partial charge < -0.3 is 10.4 Å². The van der Waals surface area contributed by atoms with Gasteiger partial charge in [-0.05, 0) is 18.9 Å². The first-order chi connectivity index (χ1) is 12.0. The number of carboxylic acids is 1. The number of benzene rings is 1. The molecule has 25 heavy (non-hydrogen) atoms. The lowest BCUT2D eigenvalue weighted by atomic mass is 9.98. The summed E-state index contributed by atoms with van der Waals surface area (Å²) < 4.78 is 1.87. The van der Waals surface area contributed by atoms with Gasteiger partial charge >= 0.3 is 5.97 Å². The molecule has 3 rings (SSSR count). The van der Waals surface area contributed by atoms with Crippen LogP contribution in [0.1, 0.15) is 16.8 Å². The van der Waals surface area contributed by atoms with E-state index in [1.54, 1.807) is 6.20 Å². The van der Waals surface area contributed by atoms with Gasteiger partial charge in [-0.1, -0.05) is 29.8 Å². The fourth-order valence-electron chi connectivity index (χ4n) is 2.73. The number of nitrogens with one attached hydrogen (secondary N) is 1. The van der Waals surface area contributed by atoms with Crippen LogP contribution in [-0.4, -0.2) is 32.9 Å². The largest absolute Gasteiger partial charge is 0.481 e. The molecule has 3 aromatic rings. The van der Waals surface area contributed by atoms with Crippen molar-refractivity contribution in [3.8, 4) is 0 Å². The molecule has 7 heteroatoms. The van der Waals surface area contributed by atoms with Crippen molar-refractivity contribution in [2.45, 2.75) is 19.8 Å². The SMILES string of the molecule is Cc1cccc(CC(CNC(=O)Cc2csc3nccn23)C(=O)O)c1. The lowest BCUT2D eigenvalue weighted by Gasteiger charge is -2.14. The smallest absolute Gasteiger partial charge is 0.308 e. The minimum absolute atomic E-state index is 0.110. The lowest BCUT2D eigenvalue weighted by molar-refractivity contribution is -0.141. The van der Waals surface area contributed by atoms with Gasteiger partial charge in [0.15, 0.2) is 4.96 Å². The zero-order chi connectivity index (χ0) is 17.8. The number of carboxylic acid groups (broad SMARTS) is 1. The van der Waals surface area contributed by atoms with Crippen LogP contribution in [0.2, 0.25) is 0 Å². The van der Waals surface area contributed by atoms with E-state index in [-0.39, 0.29) is 18.9 Å². The molecular weight excluding hydrogens is 338 g/mol. The third kappa shape index (κ3) is 4.24. The summed E-state index contributed by atoms with van der Waals surface area (Å²) >= 11 is 1.47. The van der Waals surface area contributed by atoms with E-state index in [0.717, 1.165) is 21.8 Å². The van der Waals surface area contributed by atoms with E-state index < -0.39 is 11.9 Å². The molecule has 2 aromatic heterocycles. The highest BCUT2D eigenvalue weighted by atomic mass is 32.1. The highest BCUT2D eigenvalue weighted by Crippen LogP contribution is 2.15. The fourth-order valence-corrected chi connectivity index (χ4v) is 3.59. The average Bonchev–Trinajstić information content (AvgIpc) is 3.16. The van der Waals surface area contributed by atoms with E-state index in [1.165, 1.54) is 11.3 Å². The van der Waals surface area contributed by atoms with Crippen LogP contribution in [0.15, 0.2) is 42.0 Å². The third-order valence-electron chi connectivity index (χ3n) is 4.02. The molecule has 0 spiro atoms. The molecule has 0 aliphatic heterocycles. The maximum Gasteiger partial charge on any atom is 0.308 e. The van der Waals surface area contributed by atoms with Gasteiger partial charge in [-0.25, -0.2) is 4.98 Å². The summed E-state index contributed by atoms with van der Waals surface area (Å²) in [6, 6.07) is 7.76. The van der Waals surface area contributed by atoms with Gasteiger partial charge in [-0.3, -0.25) is 14.0 Å². The van der Waals surface area contributed by atoms with Crippen LogP contribution in [0.25, 0.3) is 4.96 Å². The Balaban J connectivity index is 1.58. The van der Waals surface area contributed by atoms with Crippen LogP contribution < -0.4 is 5.32 Å². The number of aryl methyl sites for hydroxylation is 1. The van der Waals surface area contributed by atoms with Gasteiger partial charge in [0.2, 0.25) is 5.91 Å². The third-order valence-corrected chi connectivity index (χ3v) is 4.92. The molecule has 0 bridgehead atoms. The second-order valence-electron chi connectivity index (χ2n) is 6.02. The van der Waals surface area contributed by atoms with Gasteiger partial charge in [-0.2, -0.15) is 0 Å². The number of imidazole rings is 1. The van der Waals surface area contributed by atoms with Crippen molar-refractivity contribution in [3.63, 3.8) is 0 Å². The Bertz CT molecular complexity index is 900. The number of fused-ring (bicyclic) bond motifs is 1. The number of thiazole rings is 1. The Morgan fingerprint density at radius 2 is 2.24 bits per heavy atom. The van der Waals surface area contributed by atoms with Crippen LogP contribution in [0, 0.1) is 12.8 Å². The summed E-state index contributed by atoms with van der Waals surface area (Å²) in [5, 5.41) is 14.1. The van der Waals surface area contributed by atoms with Crippen molar-refractivity contribution < 1.29 is 14.7 Å². The quantitative estimate of drug-likeness (QED) is 0.680. The van der Waals surface area contributed by atoms with Crippen molar-refractivity contribution in [1.82, 2.24) is 14.7 Å². The topological polar surface area (TPSA) is 83.7 Å². The van der Waals surface area contributed by atoms with Crippen molar-refractivity contribution >= 4 is 28.2 Å². The Morgan fingerprint density at radius 3 is 3.00 bits per heavy atom. The zero-order valence-electron chi connectivity index (χ0n) is 13.8. The van der Waals surface area contributed by atoms with Crippen molar-refractivity contribution in [2.24, 2.45) is 5.92 Å². The molecule has 0 radical (unpaired) electrons. The minimum atomic E-state index is -0.908. The van der Waals surface area contributed by atoms with E-state index in [9.17, 15) is 14.7 Å². The molecule has 0 aliphatic carbocycles. The molecule has 0 fully saturated rings. The highest BCUT2D eigenvalue weighted by molar-refractivity contribution is 7.15. The lowest BCUT2D eigenvalue weighted by Crippen LogP contribution is -2.35. The maximum atomic E-state index is 12.2. The van der Waals surface area contributed by atoms with Crippen LogP contribution >= 0.6 is 11.3 Å². The number of nitrogens with zero attached hydrogens (tertiary/aromatic N) is 2. The molecule has 130 valence electrons. The van der Waals surface area contributed by atoms with Crippen LogP contribution in [0.4, 0.5) is 0 Å². The van der Waals surface area contributed by atoms with E-state index in [4.69, 9.17) is 0 Å². The minimum Gasteiger partial charge on any atom is -0.481 e. The average molecular weight is 357 g/mol. The van der Waals surface area contributed by atoms with Gasteiger partial charge in [-0.15, -0.1) is 11.3 Å². The normalized spacial score (nSPS) is 12.2. The summed E-state index contributed by atoms with van der Waals surface area (Å²) in [6.07, 6.45) is 4.09. The number of aromatic nitrogens is 2. The predicted molar refractivity (Wildman–Crippen MR) is 95.8 cm³/mol. The number of aliphatic carboxylic acids is 1. The number of rotatable bonds is 7. The molecule has 0 saturated carbocycles. The standard InChI is InChI=1S/C18H19N3O3S/c1-12-3-2-4-13(7-12)8-14(17(23)24)10-20-16(22)9-15-11-25-18-19-5-6-21(15)18/h2-7,11,14H,8-10H2,1H3,(H,20,22)(H,23,24). The van der Waals surface area contributed by atoms with Crippen molar-refractivity contribution in [3.05, 3.63) is 58.9 Å². The summed E-state index contributed by atoms with van der Waals surface area (Å²) in [6.45, 7) is 2.08. The van der Waals surface area contributed by atoms with Gasteiger partial charge in [0.05, 0.1) is 12.3 Å². The van der Waals surface area contributed by atoms with Crippen molar-refractivity contribution in [1.29, 1.82) is 0 Å². The second kappa shape index (κ2) is 7.48. The van der Waals surface area contributed by atoms with E-state index in [0.29, 0.717) is 6.42 Å². The first-order valence-electron chi connectivity index (χ1n) is 7.97. The highest BCUT2D eigenvalue weighted by Gasteiger charge is 2.19. The molecule has 6 nitrogen and oxygen atoms in total. The molecule has 2 heterocycles. The monoisotopic (exact) mass is 357 g/mol. The Hall–Kier alpha value is -2.67. The molecule has 0 saturated heterocycles. The second-order valence-corrected chi connectivity index (χ2v) is 6.85. The van der Waals surface area contributed by atoms with Gasteiger partial charge in [0.25, 0.3) is 0 Å². The summed E-state index contributed by atoms with van der Waals surface area (Å²) in [5.41, 5.74) is 2.90. The van der Waals surface area contributed by atoms with Crippen LogP contribution in [0.5, 0.6) is 0 Å². The summed E-state index contributed by atoms with van der Waals surface area (Å²) in [5.74, 6) is -1.75. The first-order valence-corrected chi connectivity index (χ1v) is 8.85. The summed E-state index contributed by atoms with van der Waals surface area (Å²) in [7, 11) is 0. The number of hydrogen-bond acceptors (Lipinski definition) is 4. The molecular formula is C18H19N3O3S. The fraction of sp³-hybridized carbons (Fsp3) is 0.278. The van der Waals surface area contributed by atoms with Crippen molar-refractivity contribution in [2.75, 3.05) is 6.54 Å². The van der Waals surface area contributed by atoms with Crippen LogP contribution in [-0.2, 0) is 22.4 Å². The zero-order valence-corrected chi connectivity index (χ0v) is 14.6. The number of amides is 1. The Kier molecular flexibility index (Phi) is 5.14. The first kappa shape index (κ1) is 17.2. The molecule has 0 aliphatic rings. The van der Waals surface area contributed by atoms with Gasteiger partial charge in [0, 0.05) is 30.0 Å². The number of carbonyl (C=O) groups excluding carboxylic acids is 1. The number of carbonyl (C=O) groups is 2. The summed E-state index contributed by atoms with van der Waals surface area (Å²) in [4.78, 5) is 28.7. The van der Waals surface area contributed by atoms with E-state index >= 15 is 0 Å². The molecule has 2 N–H and O–H groups in total. The molecule has 1 unspecified atom stereocenters.